The zero-order valence-corrected chi connectivity index (χ0v) is 17.4. The summed E-state index contributed by atoms with van der Waals surface area (Å²) in [5.41, 5.74) is 3.40. The van der Waals surface area contributed by atoms with E-state index in [-0.39, 0.29) is 6.07 Å². The van der Waals surface area contributed by atoms with Gasteiger partial charge in [-0.1, -0.05) is 18.2 Å². The van der Waals surface area contributed by atoms with E-state index >= 15 is 0 Å². The Labute approximate surface area is 191 Å². The fourth-order valence-electron chi connectivity index (χ4n) is 3.45. The van der Waals surface area contributed by atoms with E-state index in [1.807, 2.05) is 35.8 Å². The molecule has 0 aliphatic carbocycles. The van der Waals surface area contributed by atoms with Gasteiger partial charge in [0.25, 0.3) is 0 Å². The van der Waals surface area contributed by atoms with Crippen molar-refractivity contribution >= 4 is 11.9 Å². The summed E-state index contributed by atoms with van der Waals surface area (Å²) in [7, 11) is 0. The molecule has 1 N–H and O–H groups in total. The Morgan fingerprint density at radius 1 is 0.882 bits per heavy atom. The summed E-state index contributed by atoms with van der Waals surface area (Å²) in [4.78, 5) is 0. The average Bonchev–Trinajstić information content (AvgIpc) is 3.29. The molecule has 0 fully saturated rings. The molecule has 0 unspecified atom stereocenters. The van der Waals surface area contributed by atoms with E-state index in [0.717, 1.165) is 5.69 Å². The number of nitrogens with one attached hydrogen (secondary N) is 1. The van der Waals surface area contributed by atoms with Crippen LogP contribution in [-0.2, 0) is 0 Å². The van der Waals surface area contributed by atoms with E-state index in [4.69, 9.17) is 9.47 Å². The molecule has 0 saturated carbocycles. The van der Waals surface area contributed by atoms with E-state index in [9.17, 15) is 17.6 Å². The number of hydrogen-bond donors (Lipinski definition) is 1. The zero-order chi connectivity index (χ0) is 23.7. The van der Waals surface area contributed by atoms with E-state index < -0.39 is 29.0 Å². The monoisotopic (exact) mass is 468 g/mol. The Balaban J connectivity index is 1.53. The molecule has 5 rings (SSSR count). The molecule has 6 nitrogen and oxygen atoms in total. The van der Waals surface area contributed by atoms with Crippen LogP contribution in [0.2, 0.25) is 0 Å². The highest BCUT2D eigenvalue weighted by Crippen LogP contribution is 2.35. The largest absolute Gasteiger partial charge is 0.486 e. The minimum atomic E-state index is -1.58. The second-order valence-corrected chi connectivity index (χ2v) is 7.28. The highest BCUT2D eigenvalue weighted by atomic mass is 19.2. The van der Waals surface area contributed by atoms with Crippen molar-refractivity contribution in [2.45, 2.75) is 0 Å². The summed E-state index contributed by atoms with van der Waals surface area (Å²) < 4.78 is 67.6. The summed E-state index contributed by atoms with van der Waals surface area (Å²) in [6.45, 7) is 0.862. The molecule has 0 atom stereocenters. The van der Waals surface area contributed by atoms with E-state index in [1.54, 1.807) is 29.1 Å². The lowest BCUT2D eigenvalue weighted by atomic mass is 10.1. The summed E-state index contributed by atoms with van der Waals surface area (Å²) in [5, 5.41) is 8.42. The van der Waals surface area contributed by atoms with Gasteiger partial charge < -0.3 is 9.47 Å². The second-order valence-electron chi connectivity index (χ2n) is 7.28. The van der Waals surface area contributed by atoms with Gasteiger partial charge in [0, 0.05) is 23.4 Å². The Morgan fingerprint density at radius 2 is 1.59 bits per heavy atom. The fourth-order valence-corrected chi connectivity index (χ4v) is 3.45. The predicted octanol–water partition coefficient (Wildman–Crippen LogP) is 5.31. The number of benzene rings is 3. The van der Waals surface area contributed by atoms with Crippen LogP contribution in [0.5, 0.6) is 11.5 Å². The first-order valence-corrected chi connectivity index (χ1v) is 10.2. The van der Waals surface area contributed by atoms with Crippen LogP contribution in [0.3, 0.4) is 0 Å². The average molecular weight is 468 g/mol. The highest BCUT2D eigenvalue weighted by Gasteiger charge is 2.19. The van der Waals surface area contributed by atoms with Crippen molar-refractivity contribution in [2.75, 3.05) is 18.6 Å². The highest BCUT2D eigenvalue weighted by molar-refractivity contribution is 5.89. The molecule has 1 aliphatic rings. The van der Waals surface area contributed by atoms with Crippen LogP contribution in [0.25, 0.3) is 16.9 Å². The first kappa shape index (κ1) is 21.5. The Hall–Kier alpha value is -4.34. The van der Waals surface area contributed by atoms with Crippen molar-refractivity contribution < 1.29 is 27.0 Å². The van der Waals surface area contributed by atoms with Crippen molar-refractivity contribution in [1.82, 2.24) is 9.78 Å². The first-order valence-electron chi connectivity index (χ1n) is 10.2. The van der Waals surface area contributed by atoms with Gasteiger partial charge in [0.1, 0.15) is 24.6 Å². The lowest BCUT2D eigenvalue weighted by molar-refractivity contribution is 0.171. The van der Waals surface area contributed by atoms with Crippen molar-refractivity contribution in [2.24, 2.45) is 5.10 Å². The molecule has 34 heavy (non-hydrogen) atoms. The van der Waals surface area contributed by atoms with Gasteiger partial charge >= 0.3 is 0 Å². The Morgan fingerprint density at radius 3 is 2.32 bits per heavy atom. The van der Waals surface area contributed by atoms with E-state index in [0.29, 0.717) is 41.5 Å². The molecular weight excluding hydrogens is 452 g/mol. The number of para-hydroxylation sites is 1. The molecule has 0 amide bonds. The maximum absolute atomic E-state index is 13.9. The molecule has 1 aromatic heterocycles. The Bertz CT molecular complexity index is 1360. The van der Waals surface area contributed by atoms with Crippen LogP contribution in [0, 0.1) is 23.3 Å². The van der Waals surface area contributed by atoms with E-state index in [2.05, 4.69) is 10.2 Å². The zero-order valence-electron chi connectivity index (χ0n) is 17.4. The third-order valence-electron chi connectivity index (χ3n) is 5.07. The normalized spacial score (nSPS) is 12.8. The second kappa shape index (κ2) is 8.89. The number of nitrogens with zero attached hydrogens (tertiary/aromatic N) is 3. The number of anilines is 1. The molecule has 0 radical (unpaired) electrons. The minimum absolute atomic E-state index is 0.128. The summed E-state index contributed by atoms with van der Waals surface area (Å²) >= 11 is 0. The summed E-state index contributed by atoms with van der Waals surface area (Å²) in [5.74, 6) is -5.08. The number of ether oxygens (including phenoxy) is 2. The molecule has 172 valence electrons. The van der Waals surface area contributed by atoms with Crippen LogP contribution in [-0.4, -0.2) is 29.2 Å². The standard InChI is InChI=1S/C24H16F4N4O2/c25-17-11-18(26)22(28)24(21(17)27)30-29-12-15-13-32(16-4-2-1-3-5-16)31-23(15)14-6-7-19-20(10-14)34-9-8-33-19/h1-7,10-13,30H,8-9H2. The predicted molar refractivity (Wildman–Crippen MR) is 117 cm³/mol. The minimum Gasteiger partial charge on any atom is -0.486 e. The van der Waals surface area contributed by atoms with Crippen molar-refractivity contribution in [3.63, 3.8) is 0 Å². The summed E-state index contributed by atoms with van der Waals surface area (Å²) in [6, 6.07) is 14.7. The lowest BCUT2D eigenvalue weighted by Crippen LogP contribution is -2.15. The lowest BCUT2D eigenvalue weighted by Gasteiger charge is -2.18. The first-order chi connectivity index (χ1) is 16.5. The van der Waals surface area contributed by atoms with Gasteiger partial charge in [0.15, 0.2) is 34.8 Å². The van der Waals surface area contributed by atoms with Gasteiger partial charge in [-0.2, -0.15) is 10.2 Å². The van der Waals surface area contributed by atoms with Gasteiger partial charge in [0.05, 0.1) is 11.9 Å². The third kappa shape index (κ3) is 4.05. The topological polar surface area (TPSA) is 60.7 Å². The number of fused-ring (bicyclic) bond motifs is 1. The molecular formula is C24H16F4N4O2. The molecule has 0 spiro atoms. The van der Waals surface area contributed by atoms with Crippen LogP contribution in [0.1, 0.15) is 5.56 Å². The fraction of sp³-hybridized carbons (Fsp3) is 0.0833. The van der Waals surface area contributed by atoms with Crippen molar-refractivity contribution in [1.29, 1.82) is 0 Å². The quantitative estimate of drug-likeness (QED) is 0.187. The molecule has 1 aliphatic heterocycles. The summed E-state index contributed by atoms with van der Waals surface area (Å²) in [6.07, 6.45) is 2.91. The van der Waals surface area contributed by atoms with Gasteiger partial charge in [-0.25, -0.2) is 22.2 Å². The van der Waals surface area contributed by atoms with Crippen LogP contribution in [0.4, 0.5) is 23.2 Å². The smallest absolute Gasteiger partial charge is 0.186 e. The number of hydrogen-bond acceptors (Lipinski definition) is 5. The number of aromatic nitrogens is 2. The SMILES string of the molecule is Fc1cc(F)c(F)c(NN=Cc2cn(-c3ccccc3)nc2-c2ccc3c(c2)OCCO3)c1F. The maximum atomic E-state index is 13.9. The van der Waals surface area contributed by atoms with Gasteiger partial charge in [-0.05, 0) is 30.3 Å². The van der Waals surface area contributed by atoms with Crippen LogP contribution < -0.4 is 14.9 Å². The third-order valence-corrected chi connectivity index (χ3v) is 5.07. The van der Waals surface area contributed by atoms with Gasteiger partial charge in [-0.15, -0.1) is 0 Å². The van der Waals surface area contributed by atoms with Gasteiger partial charge in [0.2, 0.25) is 0 Å². The van der Waals surface area contributed by atoms with Gasteiger partial charge in [-0.3, -0.25) is 5.43 Å². The molecule has 0 saturated heterocycles. The van der Waals surface area contributed by atoms with Crippen LogP contribution >= 0.6 is 0 Å². The maximum Gasteiger partial charge on any atom is 0.186 e. The number of hydrazone groups is 1. The molecule has 0 bridgehead atoms. The van der Waals surface area contributed by atoms with Crippen molar-refractivity contribution in [3.8, 4) is 28.4 Å². The Kier molecular flexibility index (Phi) is 5.62. The number of halogens is 4. The van der Waals surface area contributed by atoms with E-state index in [1.165, 1.54) is 6.21 Å². The van der Waals surface area contributed by atoms with Crippen molar-refractivity contribution in [3.05, 3.63) is 89.6 Å². The molecule has 10 heteroatoms. The number of rotatable bonds is 5. The molecule has 4 aromatic rings. The molecule has 2 heterocycles. The van der Waals surface area contributed by atoms with Crippen LogP contribution in [0.15, 0.2) is 65.9 Å². The molecule has 3 aromatic carbocycles.